The maximum absolute atomic E-state index is 3.56. The van der Waals surface area contributed by atoms with Gasteiger partial charge in [-0.05, 0) is 38.9 Å². The molecule has 1 aliphatic heterocycles. The van der Waals surface area contributed by atoms with Crippen LogP contribution in [-0.2, 0) is 0 Å². The van der Waals surface area contributed by atoms with Gasteiger partial charge in [-0.15, -0.1) is 0 Å². The maximum Gasteiger partial charge on any atom is 0.0220 e. The zero-order valence-corrected chi connectivity index (χ0v) is 13.3. The van der Waals surface area contributed by atoms with Crippen molar-refractivity contribution in [2.45, 2.75) is 52.6 Å². The van der Waals surface area contributed by atoms with Crippen molar-refractivity contribution in [1.82, 2.24) is 15.1 Å². The molecule has 0 aliphatic carbocycles. The van der Waals surface area contributed by atoms with Crippen LogP contribution in [0.5, 0.6) is 0 Å². The number of nitrogens with one attached hydrogen (secondary N) is 1. The molecular weight excluding hydrogens is 222 g/mol. The lowest BCUT2D eigenvalue weighted by Gasteiger charge is -2.33. The third-order valence-electron chi connectivity index (χ3n) is 3.88. The SMILES string of the molecule is CC(C)NCC(C)(C)CN(C)CC1CCCN1C. The highest BCUT2D eigenvalue weighted by atomic mass is 15.2. The fourth-order valence-electron chi connectivity index (χ4n) is 2.90. The van der Waals surface area contributed by atoms with Gasteiger partial charge in [0, 0.05) is 31.7 Å². The van der Waals surface area contributed by atoms with Crippen molar-refractivity contribution in [3.8, 4) is 0 Å². The van der Waals surface area contributed by atoms with Crippen molar-refractivity contribution in [2.24, 2.45) is 5.41 Å². The quantitative estimate of drug-likeness (QED) is 0.751. The Hall–Kier alpha value is -0.120. The first-order valence-corrected chi connectivity index (χ1v) is 7.42. The van der Waals surface area contributed by atoms with E-state index in [1.807, 2.05) is 0 Å². The van der Waals surface area contributed by atoms with Gasteiger partial charge in [-0.2, -0.15) is 0 Å². The molecule has 0 bridgehead atoms. The van der Waals surface area contributed by atoms with E-state index in [-0.39, 0.29) is 0 Å². The van der Waals surface area contributed by atoms with Crippen LogP contribution < -0.4 is 5.32 Å². The molecule has 3 heteroatoms. The van der Waals surface area contributed by atoms with Crippen LogP contribution in [0, 0.1) is 5.41 Å². The highest BCUT2D eigenvalue weighted by Gasteiger charge is 2.25. The van der Waals surface area contributed by atoms with Crippen LogP contribution in [0.1, 0.15) is 40.5 Å². The first kappa shape index (κ1) is 15.9. The van der Waals surface area contributed by atoms with Crippen LogP contribution in [0.3, 0.4) is 0 Å². The molecule has 1 aliphatic rings. The summed E-state index contributed by atoms with van der Waals surface area (Å²) >= 11 is 0. The molecule has 18 heavy (non-hydrogen) atoms. The van der Waals surface area contributed by atoms with Crippen LogP contribution in [0.2, 0.25) is 0 Å². The first-order valence-electron chi connectivity index (χ1n) is 7.42. The Bertz CT molecular complexity index is 238. The van der Waals surface area contributed by atoms with Gasteiger partial charge in [0.1, 0.15) is 0 Å². The van der Waals surface area contributed by atoms with Crippen molar-refractivity contribution >= 4 is 0 Å². The summed E-state index contributed by atoms with van der Waals surface area (Å²) < 4.78 is 0. The molecule has 1 saturated heterocycles. The normalized spacial score (nSPS) is 22.3. The van der Waals surface area contributed by atoms with E-state index in [0.717, 1.165) is 19.1 Å². The Kier molecular flexibility index (Phi) is 6.09. The lowest BCUT2D eigenvalue weighted by atomic mass is 9.92. The van der Waals surface area contributed by atoms with Gasteiger partial charge in [-0.3, -0.25) is 0 Å². The van der Waals surface area contributed by atoms with Gasteiger partial charge in [0.15, 0.2) is 0 Å². The van der Waals surface area contributed by atoms with E-state index in [9.17, 15) is 0 Å². The summed E-state index contributed by atoms with van der Waals surface area (Å²) in [6.45, 7) is 13.9. The first-order chi connectivity index (χ1) is 8.30. The van der Waals surface area contributed by atoms with Gasteiger partial charge in [0.25, 0.3) is 0 Å². The molecular formula is C15H33N3. The summed E-state index contributed by atoms with van der Waals surface area (Å²) in [7, 11) is 4.53. The molecule has 1 rings (SSSR count). The second-order valence-electron chi connectivity index (χ2n) is 7.17. The highest BCUT2D eigenvalue weighted by molar-refractivity contribution is 4.82. The van der Waals surface area contributed by atoms with E-state index in [0.29, 0.717) is 11.5 Å². The zero-order valence-electron chi connectivity index (χ0n) is 13.3. The van der Waals surface area contributed by atoms with Crippen molar-refractivity contribution in [2.75, 3.05) is 40.3 Å². The molecule has 0 amide bonds. The predicted molar refractivity (Wildman–Crippen MR) is 80.1 cm³/mol. The Morgan fingerprint density at radius 1 is 1.39 bits per heavy atom. The van der Waals surface area contributed by atoms with Crippen LogP contribution in [0.15, 0.2) is 0 Å². The minimum Gasteiger partial charge on any atom is -0.314 e. The fraction of sp³-hybridized carbons (Fsp3) is 1.00. The van der Waals surface area contributed by atoms with Crippen molar-refractivity contribution in [3.05, 3.63) is 0 Å². The third kappa shape index (κ3) is 5.68. The molecule has 3 nitrogen and oxygen atoms in total. The summed E-state index contributed by atoms with van der Waals surface area (Å²) in [6, 6.07) is 1.35. The molecule has 1 atom stereocenters. The lowest BCUT2D eigenvalue weighted by molar-refractivity contribution is 0.162. The molecule has 0 aromatic heterocycles. The third-order valence-corrected chi connectivity index (χ3v) is 3.88. The molecule has 0 spiro atoms. The van der Waals surface area contributed by atoms with Gasteiger partial charge < -0.3 is 15.1 Å². The summed E-state index contributed by atoms with van der Waals surface area (Å²) in [5.74, 6) is 0. The average molecular weight is 255 g/mol. The van der Waals surface area contributed by atoms with Crippen molar-refractivity contribution in [3.63, 3.8) is 0 Å². The van der Waals surface area contributed by atoms with Gasteiger partial charge in [0.05, 0.1) is 0 Å². The topological polar surface area (TPSA) is 18.5 Å². The molecule has 1 heterocycles. The molecule has 1 fully saturated rings. The van der Waals surface area contributed by atoms with Crippen LogP contribution in [-0.4, -0.2) is 62.2 Å². The summed E-state index contributed by atoms with van der Waals surface area (Å²) in [4.78, 5) is 5.02. The number of rotatable bonds is 7. The van der Waals surface area contributed by atoms with Crippen molar-refractivity contribution in [1.29, 1.82) is 0 Å². The van der Waals surface area contributed by atoms with Gasteiger partial charge in [-0.1, -0.05) is 27.7 Å². The molecule has 0 aromatic carbocycles. The van der Waals surface area contributed by atoms with E-state index in [1.54, 1.807) is 0 Å². The Balaban J connectivity index is 2.31. The van der Waals surface area contributed by atoms with Crippen LogP contribution in [0.4, 0.5) is 0 Å². The van der Waals surface area contributed by atoms with E-state index in [2.05, 4.69) is 56.9 Å². The summed E-state index contributed by atoms with van der Waals surface area (Å²) in [5.41, 5.74) is 0.343. The fourth-order valence-corrected chi connectivity index (χ4v) is 2.90. The van der Waals surface area contributed by atoms with E-state index in [1.165, 1.54) is 25.9 Å². The number of likely N-dealkylation sites (N-methyl/N-ethyl adjacent to an activating group) is 2. The highest BCUT2D eigenvalue weighted by Crippen LogP contribution is 2.19. The Morgan fingerprint density at radius 3 is 2.56 bits per heavy atom. The van der Waals surface area contributed by atoms with Crippen molar-refractivity contribution < 1.29 is 0 Å². The molecule has 0 saturated carbocycles. The number of likely N-dealkylation sites (tertiary alicyclic amines) is 1. The largest absolute Gasteiger partial charge is 0.314 e. The Labute approximate surface area is 114 Å². The Morgan fingerprint density at radius 2 is 2.06 bits per heavy atom. The second-order valence-corrected chi connectivity index (χ2v) is 7.17. The van der Waals surface area contributed by atoms with E-state index >= 15 is 0 Å². The zero-order chi connectivity index (χ0) is 13.8. The molecule has 0 aromatic rings. The average Bonchev–Trinajstić information content (AvgIpc) is 2.61. The molecule has 0 radical (unpaired) electrons. The standard InChI is InChI=1S/C15H33N3/c1-13(2)16-11-15(3,4)12-17(5)10-14-8-7-9-18(14)6/h13-14,16H,7-12H2,1-6H3. The smallest absolute Gasteiger partial charge is 0.0220 e. The molecule has 1 N–H and O–H groups in total. The minimum absolute atomic E-state index is 0.343. The van der Waals surface area contributed by atoms with Gasteiger partial charge in [0.2, 0.25) is 0 Å². The molecule has 1 unspecified atom stereocenters. The van der Waals surface area contributed by atoms with Gasteiger partial charge >= 0.3 is 0 Å². The summed E-state index contributed by atoms with van der Waals surface area (Å²) in [6.07, 6.45) is 2.73. The summed E-state index contributed by atoms with van der Waals surface area (Å²) in [5, 5.41) is 3.56. The molecule has 108 valence electrons. The predicted octanol–water partition coefficient (Wildman–Crippen LogP) is 2.04. The van der Waals surface area contributed by atoms with Crippen LogP contribution in [0.25, 0.3) is 0 Å². The maximum atomic E-state index is 3.56. The number of hydrogen-bond donors (Lipinski definition) is 1. The van der Waals surface area contributed by atoms with E-state index in [4.69, 9.17) is 0 Å². The van der Waals surface area contributed by atoms with Gasteiger partial charge in [-0.25, -0.2) is 0 Å². The second kappa shape index (κ2) is 6.88. The monoisotopic (exact) mass is 255 g/mol. The lowest BCUT2D eigenvalue weighted by Crippen LogP contribution is -2.44. The van der Waals surface area contributed by atoms with E-state index < -0.39 is 0 Å². The van der Waals surface area contributed by atoms with Crippen LogP contribution >= 0.6 is 0 Å². The number of nitrogens with zero attached hydrogens (tertiary/aromatic N) is 2. The number of hydrogen-bond acceptors (Lipinski definition) is 3. The minimum atomic E-state index is 0.343.